The van der Waals surface area contributed by atoms with Gasteiger partial charge in [-0.05, 0) is 30.3 Å². The van der Waals surface area contributed by atoms with Crippen molar-refractivity contribution < 1.29 is 22.7 Å². The van der Waals surface area contributed by atoms with Crippen molar-refractivity contribution in [1.29, 1.82) is 0 Å². The highest BCUT2D eigenvalue weighted by Crippen LogP contribution is 2.14. The lowest BCUT2D eigenvalue weighted by Crippen LogP contribution is -2.17. The molecule has 1 heterocycles. The minimum absolute atomic E-state index is 0.166. The lowest BCUT2D eigenvalue weighted by atomic mass is 10.2. The Bertz CT molecular complexity index is 882. The van der Waals surface area contributed by atoms with Crippen LogP contribution in [0.5, 0.6) is 0 Å². The van der Waals surface area contributed by atoms with E-state index >= 15 is 0 Å². The molecule has 0 bridgehead atoms. The van der Waals surface area contributed by atoms with Crippen LogP contribution < -0.4 is 5.32 Å². The lowest BCUT2D eigenvalue weighted by molar-refractivity contribution is -0.114. The smallest absolute Gasteiger partial charge is 0.338 e. The summed E-state index contributed by atoms with van der Waals surface area (Å²) in [6.07, 6.45) is 1.24. The Balaban J connectivity index is 1.95. The zero-order valence-corrected chi connectivity index (χ0v) is 14.8. The molecule has 0 spiro atoms. The topological polar surface area (TPSA) is 102 Å². The molecule has 0 radical (unpaired) electrons. The van der Waals surface area contributed by atoms with Crippen LogP contribution in [0.1, 0.15) is 17.3 Å². The standard InChI is InChI=1S/C16H15ClN2O5S/c1-11(20)19-14-5-6-15(18-10-14)25(22,23)8-7-24-16(21)12-3-2-4-13(17)9-12/h2-6,9-10H,7-8H2,1H3,(H,19,20). The van der Waals surface area contributed by atoms with Crippen molar-refractivity contribution in [3.8, 4) is 0 Å². The average molecular weight is 383 g/mol. The third-order valence-electron chi connectivity index (χ3n) is 3.02. The molecule has 0 saturated carbocycles. The van der Waals surface area contributed by atoms with Crippen LogP contribution in [-0.2, 0) is 19.4 Å². The number of esters is 1. The van der Waals surface area contributed by atoms with E-state index in [1.165, 1.54) is 37.4 Å². The zero-order valence-electron chi connectivity index (χ0n) is 13.2. The molecule has 132 valence electrons. The number of carbonyl (C=O) groups excluding carboxylic acids is 2. The Hall–Kier alpha value is -2.45. The Morgan fingerprint density at radius 3 is 2.60 bits per heavy atom. The molecule has 0 unspecified atom stereocenters. The number of ether oxygens (including phenoxy) is 1. The van der Waals surface area contributed by atoms with Crippen LogP contribution in [0.25, 0.3) is 0 Å². The number of hydrogen-bond acceptors (Lipinski definition) is 6. The van der Waals surface area contributed by atoms with Crippen LogP contribution in [0, 0.1) is 0 Å². The van der Waals surface area contributed by atoms with Crippen LogP contribution in [0.2, 0.25) is 5.02 Å². The van der Waals surface area contributed by atoms with E-state index in [0.29, 0.717) is 10.7 Å². The predicted molar refractivity (Wildman–Crippen MR) is 92.3 cm³/mol. The highest BCUT2D eigenvalue weighted by atomic mass is 35.5. The summed E-state index contributed by atoms with van der Waals surface area (Å²) < 4.78 is 29.3. The molecule has 9 heteroatoms. The maximum atomic E-state index is 12.2. The summed E-state index contributed by atoms with van der Waals surface area (Å²) in [6.45, 7) is 1.02. The number of sulfone groups is 1. The molecule has 2 aromatic rings. The lowest BCUT2D eigenvalue weighted by Gasteiger charge is -2.07. The maximum absolute atomic E-state index is 12.2. The van der Waals surface area contributed by atoms with Gasteiger partial charge in [0, 0.05) is 11.9 Å². The van der Waals surface area contributed by atoms with Crippen LogP contribution in [0.15, 0.2) is 47.6 Å². The van der Waals surface area contributed by atoms with Gasteiger partial charge in [-0.3, -0.25) is 4.79 Å². The third-order valence-corrected chi connectivity index (χ3v) is 4.84. The molecule has 0 atom stereocenters. The number of rotatable bonds is 6. The SMILES string of the molecule is CC(=O)Nc1ccc(S(=O)(=O)CCOC(=O)c2cccc(Cl)c2)nc1. The van der Waals surface area contributed by atoms with Gasteiger partial charge in [-0.2, -0.15) is 0 Å². The molecule has 0 fully saturated rings. The molecule has 2 rings (SSSR count). The van der Waals surface area contributed by atoms with E-state index in [0.717, 1.165) is 0 Å². The Morgan fingerprint density at radius 1 is 1.24 bits per heavy atom. The first-order valence-electron chi connectivity index (χ1n) is 7.17. The van der Waals surface area contributed by atoms with Crippen LogP contribution in [0.3, 0.4) is 0 Å². The van der Waals surface area contributed by atoms with Crippen molar-refractivity contribution in [2.45, 2.75) is 11.9 Å². The second-order valence-corrected chi connectivity index (χ2v) is 7.52. The predicted octanol–water partition coefficient (Wildman–Crippen LogP) is 2.32. The number of amides is 1. The normalized spacial score (nSPS) is 11.0. The zero-order chi connectivity index (χ0) is 18.4. The highest BCUT2D eigenvalue weighted by Gasteiger charge is 2.17. The largest absolute Gasteiger partial charge is 0.461 e. The molecule has 25 heavy (non-hydrogen) atoms. The molecule has 1 N–H and O–H groups in total. The van der Waals surface area contributed by atoms with Gasteiger partial charge in [-0.15, -0.1) is 0 Å². The van der Waals surface area contributed by atoms with Crippen LogP contribution in [0.4, 0.5) is 5.69 Å². The fraction of sp³-hybridized carbons (Fsp3) is 0.188. The number of halogens is 1. The summed E-state index contributed by atoms with van der Waals surface area (Å²) in [5.74, 6) is -1.36. The molecule has 1 aromatic carbocycles. The second kappa shape index (κ2) is 8.09. The molecule has 0 aliphatic heterocycles. The van der Waals surface area contributed by atoms with Gasteiger partial charge in [0.05, 0.1) is 23.2 Å². The molecule has 0 saturated heterocycles. The van der Waals surface area contributed by atoms with Crippen molar-refractivity contribution in [3.63, 3.8) is 0 Å². The first kappa shape index (κ1) is 18.9. The van der Waals surface area contributed by atoms with E-state index in [1.807, 2.05) is 0 Å². The number of aromatic nitrogens is 1. The van der Waals surface area contributed by atoms with Gasteiger partial charge in [-0.25, -0.2) is 18.2 Å². The quantitative estimate of drug-likeness (QED) is 0.769. The number of carbonyl (C=O) groups is 2. The summed E-state index contributed by atoms with van der Waals surface area (Å²) in [6, 6.07) is 8.86. The summed E-state index contributed by atoms with van der Waals surface area (Å²) >= 11 is 5.78. The number of nitrogens with one attached hydrogen (secondary N) is 1. The number of pyridine rings is 1. The summed E-state index contributed by atoms with van der Waals surface area (Å²) in [4.78, 5) is 26.6. The molecular formula is C16H15ClN2O5S. The van der Waals surface area contributed by atoms with Crippen molar-refractivity contribution in [1.82, 2.24) is 4.98 Å². The van der Waals surface area contributed by atoms with Crippen LogP contribution >= 0.6 is 11.6 Å². The van der Waals surface area contributed by atoms with Gasteiger partial charge in [0.1, 0.15) is 6.61 Å². The first-order valence-corrected chi connectivity index (χ1v) is 9.20. The average Bonchev–Trinajstić information content (AvgIpc) is 2.54. The monoisotopic (exact) mass is 382 g/mol. The summed E-state index contributed by atoms with van der Waals surface area (Å²) in [5, 5.41) is 2.70. The van der Waals surface area contributed by atoms with Gasteiger partial charge >= 0.3 is 5.97 Å². The summed E-state index contributed by atoms with van der Waals surface area (Å²) in [7, 11) is -3.72. The minimum atomic E-state index is -3.72. The van der Waals surface area contributed by atoms with Gasteiger partial charge in [-0.1, -0.05) is 17.7 Å². The number of benzene rings is 1. The van der Waals surface area contributed by atoms with Crippen molar-refractivity contribution in [3.05, 3.63) is 53.2 Å². The van der Waals surface area contributed by atoms with E-state index in [9.17, 15) is 18.0 Å². The fourth-order valence-electron chi connectivity index (χ4n) is 1.89. The molecule has 1 aromatic heterocycles. The van der Waals surface area contributed by atoms with Crippen molar-refractivity contribution in [2.24, 2.45) is 0 Å². The van der Waals surface area contributed by atoms with Crippen molar-refractivity contribution in [2.75, 3.05) is 17.7 Å². The maximum Gasteiger partial charge on any atom is 0.338 e. The second-order valence-electron chi connectivity index (χ2n) is 5.03. The van der Waals surface area contributed by atoms with E-state index in [4.69, 9.17) is 16.3 Å². The van der Waals surface area contributed by atoms with E-state index in [2.05, 4.69) is 10.3 Å². The van der Waals surface area contributed by atoms with Gasteiger partial charge < -0.3 is 10.1 Å². The third kappa shape index (κ3) is 5.54. The fourth-order valence-corrected chi connectivity index (χ4v) is 3.08. The van der Waals surface area contributed by atoms with Crippen LogP contribution in [-0.4, -0.2) is 37.6 Å². The van der Waals surface area contributed by atoms with E-state index in [-0.39, 0.29) is 23.1 Å². The highest BCUT2D eigenvalue weighted by molar-refractivity contribution is 7.91. The summed E-state index contributed by atoms with van der Waals surface area (Å²) in [5.41, 5.74) is 0.626. The Labute approximate surface area is 149 Å². The first-order chi connectivity index (χ1) is 11.8. The number of nitrogens with zero attached hydrogens (tertiary/aromatic N) is 1. The Morgan fingerprint density at radius 2 is 2.00 bits per heavy atom. The molecular weight excluding hydrogens is 368 g/mol. The molecule has 1 amide bonds. The van der Waals surface area contributed by atoms with Gasteiger partial charge in [0.25, 0.3) is 0 Å². The van der Waals surface area contributed by atoms with E-state index in [1.54, 1.807) is 12.1 Å². The van der Waals surface area contributed by atoms with Crippen molar-refractivity contribution >= 4 is 39.0 Å². The van der Waals surface area contributed by atoms with E-state index < -0.39 is 21.6 Å². The van der Waals surface area contributed by atoms with Gasteiger partial charge in [0.2, 0.25) is 5.91 Å². The number of hydrogen-bond donors (Lipinski definition) is 1. The molecule has 0 aliphatic rings. The number of anilines is 1. The Kier molecular flexibility index (Phi) is 6.11. The molecule has 0 aliphatic carbocycles. The van der Waals surface area contributed by atoms with Gasteiger partial charge in [0.15, 0.2) is 14.9 Å². The minimum Gasteiger partial charge on any atom is -0.461 e. The molecule has 7 nitrogen and oxygen atoms in total.